The Bertz CT molecular complexity index is 312. The zero-order valence-corrected chi connectivity index (χ0v) is 8.30. The number of carbonyl (C=O) groups is 1. The third-order valence-electron chi connectivity index (χ3n) is 1.55. The van der Waals surface area contributed by atoms with Crippen LogP contribution >= 0.6 is 11.6 Å². The van der Waals surface area contributed by atoms with E-state index >= 15 is 0 Å². The van der Waals surface area contributed by atoms with Crippen LogP contribution in [0.25, 0.3) is 0 Å². The van der Waals surface area contributed by atoms with Crippen LogP contribution in [0.2, 0.25) is 5.02 Å². The van der Waals surface area contributed by atoms with Crippen LogP contribution in [-0.4, -0.2) is 10.9 Å². The number of hydrogen-bond donors (Lipinski definition) is 1. The molecule has 1 amide bonds. The number of halogens is 1. The zero-order chi connectivity index (χ0) is 9.84. The van der Waals surface area contributed by atoms with E-state index in [1.807, 2.05) is 13.8 Å². The summed E-state index contributed by atoms with van der Waals surface area (Å²) >= 11 is 5.80. The molecule has 1 aromatic rings. The van der Waals surface area contributed by atoms with Gasteiger partial charge in [-0.1, -0.05) is 25.4 Å². The Labute approximate surface area is 82.1 Å². The van der Waals surface area contributed by atoms with Crippen molar-refractivity contribution in [2.75, 3.05) is 5.32 Å². The fourth-order valence-corrected chi connectivity index (χ4v) is 0.920. The minimum absolute atomic E-state index is 0.0481. The molecule has 0 radical (unpaired) electrons. The number of rotatable bonds is 2. The van der Waals surface area contributed by atoms with Crippen molar-refractivity contribution >= 4 is 23.2 Å². The van der Waals surface area contributed by atoms with Crippen molar-refractivity contribution in [2.45, 2.75) is 13.8 Å². The molecule has 3 nitrogen and oxygen atoms in total. The summed E-state index contributed by atoms with van der Waals surface area (Å²) in [7, 11) is 0. The summed E-state index contributed by atoms with van der Waals surface area (Å²) in [5.41, 5.74) is 0.607. The molecular formula is C9H11ClN2O. The van der Waals surface area contributed by atoms with Gasteiger partial charge in [-0.2, -0.15) is 0 Å². The van der Waals surface area contributed by atoms with Crippen molar-refractivity contribution in [1.82, 2.24) is 4.98 Å². The van der Waals surface area contributed by atoms with Crippen LogP contribution in [0.5, 0.6) is 0 Å². The molecular weight excluding hydrogens is 188 g/mol. The van der Waals surface area contributed by atoms with Gasteiger partial charge in [0.2, 0.25) is 5.91 Å². The van der Waals surface area contributed by atoms with Gasteiger partial charge in [-0.15, -0.1) is 0 Å². The number of amides is 1. The van der Waals surface area contributed by atoms with Crippen molar-refractivity contribution in [3.05, 3.63) is 23.5 Å². The highest BCUT2D eigenvalue weighted by molar-refractivity contribution is 6.33. The smallest absolute Gasteiger partial charge is 0.226 e. The summed E-state index contributed by atoms with van der Waals surface area (Å²) in [6.07, 6.45) is 3.08. The highest BCUT2D eigenvalue weighted by atomic mass is 35.5. The van der Waals surface area contributed by atoms with E-state index in [-0.39, 0.29) is 11.8 Å². The van der Waals surface area contributed by atoms with E-state index in [0.29, 0.717) is 10.7 Å². The van der Waals surface area contributed by atoms with E-state index in [9.17, 15) is 4.79 Å². The maximum Gasteiger partial charge on any atom is 0.226 e. The molecule has 0 fully saturated rings. The van der Waals surface area contributed by atoms with E-state index in [0.717, 1.165) is 0 Å². The van der Waals surface area contributed by atoms with E-state index in [4.69, 9.17) is 11.6 Å². The average Bonchev–Trinajstić information content (AvgIpc) is 2.08. The van der Waals surface area contributed by atoms with Crippen molar-refractivity contribution < 1.29 is 4.79 Å². The quantitative estimate of drug-likeness (QED) is 0.793. The fourth-order valence-electron chi connectivity index (χ4n) is 0.754. The highest BCUT2D eigenvalue weighted by Gasteiger charge is 2.08. The summed E-state index contributed by atoms with van der Waals surface area (Å²) < 4.78 is 0. The first-order valence-corrected chi connectivity index (χ1v) is 4.39. The molecule has 1 N–H and O–H groups in total. The van der Waals surface area contributed by atoms with Crippen LogP contribution in [-0.2, 0) is 4.79 Å². The Balaban J connectivity index is 2.75. The minimum atomic E-state index is -0.0516. The van der Waals surface area contributed by atoms with Gasteiger partial charge in [-0.3, -0.25) is 9.78 Å². The number of nitrogens with one attached hydrogen (secondary N) is 1. The topological polar surface area (TPSA) is 42.0 Å². The van der Waals surface area contributed by atoms with Gasteiger partial charge in [-0.05, 0) is 6.07 Å². The summed E-state index contributed by atoms with van der Waals surface area (Å²) in [4.78, 5) is 15.1. The monoisotopic (exact) mass is 198 g/mol. The molecule has 0 aliphatic carbocycles. The summed E-state index contributed by atoms with van der Waals surface area (Å²) in [5.74, 6) is -0.0997. The Kier molecular flexibility index (Phi) is 3.25. The number of anilines is 1. The van der Waals surface area contributed by atoms with Gasteiger partial charge in [0.1, 0.15) is 0 Å². The molecule has 13 heavy (non-hydrogen) atoms. The number of carbonyl (C=O) groups excluding carboxylic acids is 1. The van der Waals surface area contributed by atoms with Crippen LogP contribution in [0.15, 0.2) is 18.5 Å². The first-order valence-electron chi connectivity index (χ1n) is 4.01. The number of pyridine rings is 1. The third kappa shape index (κ3) is 2.70. The van der Waals surface area contributed by atoms with Gasteiger partial charge in [-0.25, -0.2) is 0 Å². The molecule has 1 aromatic heterocycles. The molecule has 0 atom stereocenters. The van der Waals surface area contributed by atoms with Crippen molar-refractivity contribution in [2.24, 2.45) is 5.92 Å². The second-order valence-electron chi connectivity index (χ2n) is 3.00. The van der Waals surface area contributed by atoms with Gasteiger partial charge >= 0.3 is 0 Å². The zero-order valence-electron chi connectivity index (χ0n) is 7.54. The summed E-state index contributed by atoms with van der Waals surface area (Å²) in [5, 5.41) is 3.15. The molecule has 0 saturated carbocycles. The first-order chi connectivity index (χ1) is 6.11. The maximum atomic E-state index is 11.3. The molecule has 0 spiro atoms. The van der Waals surface area contributed by atoms with Crippen LogP contribution < -0.4 is 5.32 Å². The number of hydrogen-bond acceptors (Lipinski definition) is 2. The molecule has 0 aromatic carbocycles. The van der Waals surface area contributed by atoms with Crippen LogP contribution in [0.1, 0.15) is 13.8 Å². The lowest BCUT2D eigenvalue weighted by Crippen LogP contribution is -2.17. The van der Waals surface area contributed by atoms with Crippen LogP contribution in [0.3, 0.4) is 0 Å². The molecule has 4 heteroatoms. The lowest BCUT2D eigenvalue weighted by atomic mass is 10.2. The normalized spacial score (nSPS) is 10.2. The molecule has 0 bridgehead atoms. The van der Waals surface area contributed by atoms with Gasteiger partial charge < -0.3 is 5.32 Å². The minimum Gasteiger partial charge on any atom is -0.324 e. The largest absolute Gasteiger partial charge is 0.324 e. The Hall–Kier alpha value is -1.09. The van der Waals surface area contributed by atoms with Gasteiger partial charge in [0.15, 0.2) is 0 Å². The summed E-state index contributed by atoms with van der Waals surface area (Å²) in [6.45, 7) is 3.65. The Morgan fingerprint density at radius 2 is 2.31 bits per heavy atom. The lowest BCUT2D eigenvalue weighted by Gasteiger charge is -2.08. The number of nitrogens with zero attached hydrogens (tertiary/aromatic N) is 1. The second kappa shape index (κ2) is 4.23. The van der Waals surface area contributed by atoms with Crippen LogP contribution in [0, 0.1) is 5.92 Å². The predicted molar refractivity (Wildman–Crippen MR) is 52.7 cm³/mol. The molecule has 0 aliphatic rings. The fraction of sp³-hybridized carbons (Fsp3) is 0.333. The predicted octanol–water partition coefficient (Wildman–Crippen LogP) is 2.33. The van der Waals surface area contributed by atoms with Crippen molar-refractivity contribution in [3.8, 4) is 0 Å². The molecule has 1 rings (SSSR count). The maximum absolute atomic E-state index is 11.3. The first kappa shape index (κ1) is 9.99. The van der Waals surface area contributed by atoms with E-state index in [1.165, 1.54) is 6.20 Å². The van der Waals surface area contributed by atoms with Gasteiger partial charge in [0.05, 0.1) is 10.7 Å². The van der Waals surface area contributed by atoms with Crippen molar-refractivity contribution in [3.63, 3.8) is 0 Å². The van der Waals surface area contributed by atoms with E-state index < -0.39 is 0 Å². The highest BCUT2D eigenvalue weighted by Crippen LogP contribution is 2.19. The SMILES string of the molecule is CC(C)C(=O)Nc1ccncc1Cl. The second-order valence-corrected chi connectivity index (χ2v) is 3.41. The van der Waals surface area contributed by atoms with E-state index in [1.54, 1.807) is 12.3 Å². The molecule has 0 unspecified atom stereocenters. The lowest BCUT2D eigenvalue weighted by molar-refractivity contribution is -0.118. The molecule has 70 valence electrons. The average molecular weight is 199 g/mol. The van der Waals surface area contributed by atoms with Gasteiger partial charge in [0.25, 0.3) is 0 Å². The Morgan fingerprint density at radius 3 is 2.85 bits per heavy atom. The van der Waals surface area contributed by atoms with Crippen LogP contribution in [0.4, 0.5) is 5.69 Å². The molecule has 0 saturated heterocycles. The molecule has 1 heterocycles. The van der Waals surface area contributed by atoms with Crippen molar-refractivity contribution in [1.29, 1.82) is 0 Å². The molecule has 0 aliphatic heterocycles. The Morgan fingerprint density at radius 1 is 1.62 bits per heavy atom. The van der Waals surface area contributed by atoms with E-state index in [2.05, 4.69) is 10.3 Å². The number of aromatic nitrogens is 1. The standard InChI is InChI=1S/C9H11ClN2O/c1-6(2)9(13)12-8-3-4-11-5-7(8)10/h3-6H,1-2H3,(H,11,12,13). The van der Waals surface area contributed by atoms with Gasteiger partial charge in [0, 0.05) is 18.3 Å². The third-order valence-corrected chi connectivity index (χ3v) is 1.86. The summed E-state index contributed by atoms with van der Waals surface area (Å²) in [6, 6.07) is 1.67.